The number of hydrogen-bond acceptors (Lipinski definition) is 3. The van der Waals surface area contributed by atoms with Gasteiger partial charge in [-0.15, -0.1) is 0 Å². The quantitative estimate of drug-likeness (QED) is 0.781. The van der Waals surface area contributed by atoms with Crippen molar-refractivity contribution in [3.63, 3.8) is 0 Å². The maximum atomic E-state index is 12.0. The van der Waals surface area contributed by atoms with Gasteiger partial charge in [-0.25, -0.2) is 0 Å². The third kappa shape index (κ3) is 4.01. The minimum atomic E-state index is -0.301. The van der Waals surface area contributed by atoms with Crippen LogP contribution in [0.3, 0.4) is 0 Å². The van der Waals surface area contributed by atoms with E-state index in [1.807, 2.05) is 4.90 Å². The molecule has 94 valence electrons. The zero-order valence-corrected chi connectivity index (χ0v) is 10.3. The van der Waals surface area contributed by atoms with Crippen LogP contribution >= 0.6 is 0 Å². The van der Waals surface area contributed by atoms with Gasteiger partial charge in [-0.2, -0.15) is 5.26 Å². The molecular weight excluding hydrogens is 214 g/mol. The number of carbonyl (C=O) groups is 1. The lowest BCUT2D eigenvalue weighted by molar-refractivity contribution is -0.132. The monoisotopic (exact) mass is 235 g/mol. The number of nitrogens with one attached hydrogen (secondary N) is 1. The first-order valence-electron chi connectivity index (χ1n) is 6.70. The lowest BCUT2D eigenvalue weighted by Gasteiger charge is -2.27. The SMILES string of the molecule is N#CC(CC(=O)N1CCCCC1)NCC1CC1. The highest BCUT2D eigenvalue weighted by Gasteiger charge is 2.24. The zero-order valence-electron chi connectivity index (χ0n) is 10.3. The number of rotatable bonds is 5. The number of piperidine rings is 1. The highest BCUT2D eigenvalue weighted by Crippen LogP contribution is 2.27. The van der Waals surface area contributed by atoms with Crippen LogP contribution in [0.2, 0.25) is 0 Å². The molecule has 1 heterocycles. The van der Waals surface area contributed by atoms with E-state index >= 15 is 0 Å². The Morgan fingerprint density at radius 1 is 1.35 bits per heavy atom. The lowest BCUT2D eigenvalue weighted by Crippen LogP contribution is -2.40. The molecule has 1 N–H and O–H groups in total. The zero-order chi connectivity index (χ0) is 12.1. The molecule has 1 amide bonds. The molecule has 0 spiro atoms. The van der Waals surface area contributed by atoms with Crippen molar-refractivity contribution in [1.82, 2.24) is 10.2 Å². The molecule has 1 aliphatic heterocycles. The molecule has 1 aliphatic carbocycles. The van der Waals surface area contributed by atoms with E-state index in [0.29, 0.717) is 6.42 Å². The van der Waals surface area contributed by atoms with Crippen molar-refractivity contribution in [2.75, 3.05) is 19.6 Å². The number of amides is 1. The summed E-state index contributed by atoms with van der Waals surface area (Å²) in [6, 6.07) is 1.90. The van der Waals surface area contributed by atoms with Crippen LogP contribution in [-0.4, -0.2) is 36.5 Å². The molecule has 0 aromatic heterocycles. The molecule has 2 fully saturated rings. The van der Waals surface area contributed by atoms with Crippen LogP contribution in [0.1, 0.15) is 38.5 Å². The summed E-state index contributed by atoms with van der Waals surface area (Å²) in [6.07, 6.45) is 6.32. The molecular formula is C13H21N3O. The highest BCUT2D eigenvalue weighted by molar-refractivity contribution is 5.77. The maximum Gasteiger partial charge on any atom is 0.225 e. The van der Waals surface area contributed by atoms with Crippen molar-refractivity contribution in [2.45, 2.75) is 44.6 Å². The molecule has 0 aromatic carbocycles. The Hall–Kier alpha value is -1.08. The van der Waals surface area contributed by atoms with E-state index in [1.54, 1.807) is 0 Å². The van der Waals surface area contributed by atoms with E-state index in [1.165, 1.54) is 19.3 Å². The molecule has 0 aromatic rings. The lowest BCUT2D eigenvalue weighted by atomic mass is 10.1. The summed E-state index contributed by atoms with van der Waals surface area (Å²) in [6.45, 7) is 2.64. The van der Waals surface area contributed by atoms with E-state index in [-0.39, 0.29) is 11.9 Å². The van der Waals surface area contributed by atoms with Crippen LogP contribution in [0.5, 0.6) is 0 Å². The normalized spacial score (nSPS) is 21.9. The van der Waals surface area contributed by atoms with Crippen LogP contribution in [0.25, 0.3) is 0 Å². The van der Waals surface area contributed by atoms with E-state index in [0.717, 1.165) is 38.4 Å². The molecule has 4 heteroatoms. The average molecular weight is 235 g/mol. The van der Waals surface area contributed by atoms with Crippen LogP contribution in [-0.2, 0) is 4.79 Å². The summed E-state index contributed by atoms with van der Waals surface area (Å²) >= 11 is 0. The van der Waals surface area contributed by atoms with Crippen LogP contribution in [0, 0.1) is 17.2 Å². The first kappa shape index (κ1) is 12.4. The molecule has 0 radical (unpaired) electrons. The fraction of sp³-hybridized carbons (Fsp3) is 0.846. The number of carbonyl (C=O) groups excluding carboxylic acids is 1. The first-order chi connectivity index (χ1) is 8.29. The van der Waals surface area contributed by atoms with E-state index in [9.17, 15) is 4.79 Å². The van der Waals surface area contributed by atoms with E-state index < -0.39 is 0 Å². The van der Waals surface area contributed by atoms with Crippen molar-refractivity contribution in [1.29, 1.82) is 5.26 Å². The molecule has 1 atom stereocenters. The summed E-state index contributed by atoms with van der Waals surface area (Å²) in [5.41, 5.74) is 0. The van der Waals surface area contributed by atoms with Gasteiger partial charge in [0.2, 0.25) is 5.91 Å². The van der Waals surface area contributed by atoms with Crippen molar-refractivity contribution < 1.29 is 4.79 Å². The summed E-state index contributed by atoms with van der Waals surface area (Å²) in [7, 11) is 0. The van der Waals surface area contributed by atoms with Gasteiger partial charge >= 0.3 is 0 Å². The van der Waals surface area contributed by atoms with Crippen LogP contribution < -0.4 is 5.32 Å². The fourth-order valence-electron chi connectivity index (χ4n) is 2.24. The van der Waals surface area contributed by atoms with Crippen molar-refractivity contribution in [3.8, 4) is 6.07 Å². The Morgan fingerprint density at radius 2 is 2.06 bits per heavy atom. The fourth-order valence-corrected chi connectivity index (χ4v) is 2.24. The van der Waals surface area contributed by atoms with Crippen LogP contribution in [0.15, 0.2) is 0 Å². The Kier molecular flexibility index (Phi) is 4.38. The molecule has 4 nitrogen and oxygen atoms in total. The molecule has 1 unspecified atom stereocenters. The van der Waals surface area contributed by atoms with Gasteiger partial charge < -0.3 is 10.2 Å². The Bertz CT molecular complexity index is 300. The highest BCUT2D eigenvalue weighted by atomic mass is 16.2. The Labute approximate surface area is 103 Å². The number of likely N-dealkylation sites (tertiary alicyclic amines) is 1. The van der Waals surface area contributed by atoms with Gasteiger partial charge in [-0.05, 0) is 44.6 Å². The average Bonchev–Trinajstić information content (AvgIpc) is 3.19. The number of hydrogen-bond donors (Lipinski definition) is 1. The van der Waals surface area contributed by atoms with Gasteiger partial charge in [0.1, 0.15) is 6.04 Å². The van der Waals surface area contributed by atoms with E-state index in [4.69, 9.17) is 5.26 Å². The third-order valence-corrected chi connectivity index (χ3v) is 3.59. The van der Waals surface area contributed by atoms with Gasteiger partial charge in [-0.3, -0.25) is 4.79 Å². The molecule has 17 heavy (non-hydrogen) atoms. The molecule has 0 bridgehead atoms. The first-order valence-corrected chi connectivity index (χ1v) is 6.70. The third-order valence-electron chi connectivity index (χ3n) is 3.59. The van der Waals surface area contributed by atoms with E-state index in [2.05, 4.69) is 11.4 Å². The number of nitrogens with zero attached hydrogens (tertiary/aromatic N) is 2. The maximum absolute atomic E-state index is 12.0. The standard InChI is InChI=1S/C13H21N3O/c14-9-12(15-10-11-4-5-11)8-13(17)16-6-2-1-3-7-16/h11-12,15H,1-8,10H2. The van der Waals surface area contributed by atoms with Crippen LogP contribution in [0.4, 0.5) is 0 Å². The van der Waals surface area contributed by atoms with Gasteiger partial charge in [-0.1, -0.05) is 0 Å². The smallest absolute Gasteiger partial charge is 0.225 e. The predicted molar refractivity (Wildman–Crippen MR) is 65.2 cm³/mol. The molecule has 1 saturated heterocycles. The Balaban J connectivity index is 1.72. The summed E-state index contributed by atoms with van der Waals surface area (Å²) < 4.78 is 0. The van der Waals surface area contributed by atoms with Gasteiger partial charge in [0.05, 0.1) is 12.5 Å². The van der Waals surface area contributed by atoms with Crippen molar-refractivity contribution in [3.05, 3.63) is 0 Å². The summed E-state index contributed by atoms with van der Waals surface area (Å²) in [5.74, 6) is 0.885. The largest absolute Gasteiger partial charge is 0.343 e. The Morgan fingerprint density at radius 3 is 2.65 bits per heavy atom. The molecule has 2 rings (SSSR count). The van der Waals surface area contributed by atoms with Crippen molar-refractivity contribution >= 4 is 5.91 Å². The molecule has 1 saturated carbocycles. The second-order valence-corrected chi connectivity index (χ2v) is 5.18. The predicted octanol–water partition coefficient (Wildman–Crippen LogP) is 1.28. The second-order valence-electron chi connectivity index (χ2n) is 5.18. The van der Waals surface area contributed by atoms with Gasteiger partial charge in [0.15, 0.2) is 0 Å². The molecule has 2 aliphatic rings. The van der Waals surface area contributed by atoms with Gasteiger partial charge in [0.25, 0.3) is 0 Å². The minimum Gasteiger partial charge on any atom is -0.343 e. The summed E-state index contributed by atoms with van der Waals surface area (Å²) in [5, 5.41) is 12.2. The number of nitriles is 1. The van der Waals surface area contributed by atoms with Crippen molar-refractivity contribution in [2.24, 2.45) is 5.92 Å². The van der Waals surface area contributed by atoms with Gasteiger partial charge in [0, 0.05) is 13.1 Å². The minimum absolute atomic E-state index is 0.138. The topological polar surface area (TPSA) is 56.1 Å². The summed E-state index contributed by atoms with van der Waals surface area (Å²) in [4.78, 5) is 13.9. The second kappa shape index (κ2) is 6.02.